The summed E-state index contributed by atoms with van der Waals surface area (Å²) in [5.74, 6) is 2.33. The first-order chi connectivity index (χ1) is 12.2. The van der Waals surface area contributed by atoms with Gasteiger partial charge in [0, 0.05) is 36.3 Å². The van der Waals surface area contributed by atoms with Crippen molar-refractivity contribution >= 4 is 17.6 Å². The Morgan fingerprint density at radius 1 is 1.04 bits per heavy atom. The molecule has 2 rings (SSSR count). The van der Waals surface area contributed by atoms with Crippen LogP contribution >= 0.6 is 11.6 Å². The van der Waals surface area contributed by atoms with E-state index in [-0.39, 0.29) is 0 Å². The van der Waals surface area contributed by atoms with Gasteiger partial charge in [0.2, 0.25) is 0 Å². The molecule has 0 fully saturated rings. The normalized spacial score (nSPS) is 11.1. The van der Waals surface area contributed by atoms with Crippen molar-refractivity contribution in [3.05, 3.63) is 58.6 Å². The fraction of sp³-hybridized carbons (Fsp3) is 0.316. The van der Waals surface area contributed by atoms with Crippen LogP contribution in [0.2, 0.25) is 5.02 Å². The molecule has 6 heteroatoms. The van der Waals surface area contributed by atoms with E-state index in [2.05, 4.69) is 15.6 Å². The van der Waals surface area contributed by atoms with Gasteiger partial charge in [-0.05, 0) is 25.1 Å². The van der Waals surface area contributed by atoms with Gasteiger partial charge in [-0.3, -0.25) is 4.99 Å². The number of halogens is 1. The first-order valence-electron chi connectivity index (χ1n) is 8.15. The zero-order valence-electron chi connectivity index (χ0n) is 14.8. The summed E-state index contributed by atoms with van der Waals surface area (Å²) in [7, 11) is 3.41. The van der Waals surface area contributed by atoms with E-state index in [4.69, 9.17) is 21.1 Å². The van der Waals surface area contributed by atoms with Gasteiger partial charge in [0.15, 0.2) is 5.96 Å². The van der Waals surface area contributed by atoms with Crippen LogP contribution in [0.25, 0.3) is 0 Å². The maximum absolute atomic E-state index is 6.04. The number of ether oxygens (including phenoxy) is 2. The highest BCUT2D eigenvalue weighted by Crippen LogP contribution is 2.23. The molecule has 0 unspecified atom stereocenters. The Hall–Kier alpha value is -2.40. The first-order valence-corrected chi connectivity index (χ1v) is 8.53. The molecule has 0 spiro atoms. The number of methoxy groups -OCH3 is 1. The van der Waals surface area contributed by atoms with E-state index in [1.807, 2.05) is 49.4 Å². The SMILES string of the molecule is CCOc1cc(Cl)ccc1CNC(=NC)NCc1ccccc1OC. The van der Waals surface area contributed by atoms with Crippen LogP contribution in [0.1, 0.15) is 18.1 Å². The van der Waals surface area contributed by atoms with Crippen molar-refractivity contribution in [3.63, 3.8) is 0 Å². The van der Waals surface area contributed by atoms with E-state index < -0.39 is 0 Å². The van der Waals surface area contributed by atoms with Gasteiger partial charge in [0.25, 0.3) is 0 Å². The van der Waals surface area contributed by atoms with Crippen molar-refractivity contribution in [2.75, 3.05) is 20.8 Å². The maximum Gasteiger partial charge on any atom is 0.191 e. The summed E-state index contributed by atoms with van der Waals surface area (Å²) in [4.78, 5) is 4.25. The van der Waals surface area contributed by atoms with Crippen molar-refractivity contribution in [2.45, 2.75) is 20.0 Å². The third-order valence-corrected chi connectivity index (χ3v) is 3.87. The third kappa shape index (κ3) is 5.57. The number of hydrogen-bond acceptors (Lipinski definition) is 3. The lowest BCUT2D eigenvalue weighted by molar-refractivity contribution is 0.336. The summed E-state index contributed by atoms with van der Waals surface area (Å²) in [5.41, 5.74) is 2.08. The molecule has 0 aromatic heterocycles. The molecule has 0 saturated carbocycles. The fourth-order valence-electron chi connectivity index (χ4n) is 2.39. The number of nitrogens with one attached hydrogen (secondary N) is 2. The number of benzene rings is 2. The molecule has 0 atom stereocenters. The number of aliphatic imine (C=N–C) groups is 1. The zero-order chi connectivity index (χ0) is 18.1. The minimum atomic E-state index is 0.581. The summed E-state index contributed by atoms with van der Waals surface area (Å²) in [6.07, 6.45) is 0. The highest BCUT2D eigenvalue weighted by atomic mass is 35.5. The van der Waals surface area contributed by atoms with Crippen LogP contribution in [0.15, 0.2) is 47.5 Å². The Kier molecular flexibility index (Phi) is 7.41. The van der Waals surface area contributed by atoms with Gasteiger partial charge < -0.3 is 20.1 Å². The van der Waals surface area contributed by atoms with Gasteiger partial charge in [-0.1, -0.05) is 35.9 Å². The van der Waals surface area contributed by atoms with E-state index >= 15 is 0 Å². The van der Waals surface area contributed by atoms with Gasteiger partial charge in [0.05, 0.1) is 13.7 Å². The molecule has 0 aliphatic rings. The molecule has 0 aliphatic heterocycles. The first kappa shape index (κ1) is 18.9. The summed E-state index contributed by atoms with van der Waals surface area (Å²) >= 11 is 6.04. The average molecular weight is 362 g/mol. The maximum atomic E-state index is 6.04. The molecule has 2 aromatic carbocycles. The minimum Gasteiger partial charge on any atom is -0.496 e. The van der Waals surface area contributed by atoms with E-state index in [1.54, 1.807) is 14.2 Å². The molecule has 5 nitrogen and oxygen atoms in total. The summed E-state index contributed by atoms with van der Waals surface area (Å²) in [6.45, 7) is 3.74. The van der Waals surface area contributed by atoms with Gasteiger partial charge in [-0.15, -0.1) is 0 Å². The predicted molar refractivity (Wildman–Crippen MR) is 103 cm³/mol. The Morgan fingerprint density at radius 2 is 1.72 bits per heavy atom. The van der Waals surface area contributed by atoms with Crippen molar-refractivity contribution in [2.24, 2.45) is 4.99 Å². The van der Waals surface area contributed by atoms with E-state index in [0.29, 0.717) is 30.7 Å². The van der Waals surface area contributed by atoms with Crippen LogP contribution < -0.4 is 20.1 Å². The number of rotatable bonds is 7. The van der Waals surface area contributed by atoms with Gasteiger partial charge in [0.1, 0.15) is 11.5 Å². The zero-order valence-corrected chi connectivity index (χ0v) is 15.6. The van der Waals surface area contributed by atoms with Crippen LogP contribution in [0.3, 0.4) is 0 Å². The van der Waals surface area contributed by atoms with Crippen LogP contribution in [0.5, 0.6) is 11.5 Å². The molecule has 0 saturated heterocycles. The lowest BCUT2D eigenvalue weighted by atomic mass is 10.2. The molecule has 2 aromatic rings. The fourth-order valence-corrected chi connectivity index (χ4v) is 2.55. The molecule has 134 valence electrons. The number of guanidine groups is 1. The molecule has 0 amide bonds. The van der Waals surface area contributed by atoms with Crippen molar-refractivity contribution in [1.29, 1.82) is 0 Å². The average Bonchev–Trinajstić information content (AvgIpc) is 2.63. The second-order valence-corrected chi connectivity index (χ2v) is 5.71. The van der Waals surface area contributed by atoms with Crippen LogP contribution in [-0.2, 0) is 13.1 Å². The van der Waals surface area contributed by atoms with Crippen molar-refractivity contribution in [1.82, 2.24) is 10.6 Å². The molecule has 0 radical (unpaired) electrons. The number of nitrogens with zero attached hydrogens (tertiary/aromatic N) is 1. The lowest BCUT2D eigenvalue weighted by Gasteiger charge is -2.15. The van der Waals surface area contributed by atoms with Crippen LogP contribution in [0, 0.1) is 0 Å². The highest BCUT2D eigenvalue weighted by Gasteiger charge is 2.07. The monoisotopic (exact) mass is 361 g/mol. The van der Waals surface area contributed by atoms with Crippen molar-refractivity contribution in [3.8, 4) is 11.5 Å². The Bertz CT molecular complexity index is 720. The number of para-hydroxylation sites is 1. The second kappa shape index (κ2) is 9.79. The topological polar surface area (TPSA) is 54.9 Å². The van der Waals surface area contributed by atoms with Crippen molar-refractivity contribution < 1.29 is 9.47 Å². The summed E-state index contributed by atoms with van der Waals surface area (Å²) in [5, 5.41) is 7.23. The highest BCUT2D eigenvalue weighted by molar-refractivity contribution is 6.30. The van der Waals surface area contributed by atoms with Crippen LogP contribution in [0.4, 0.5) is 0 Å². The molecule has 2 N–H and O–H groups in total. The molecule has 0 aliphatic carbocycles. The molecule has 0 bridgehead atoms. The van der Waals surface area contributed by atoms with E-state index in [0.717, 1.165) is 22.6 Å². The second-order valence-electron chi connectivity index (χ2n) is 5.28. The summed E-state index contributed by atoms with van der Waals surface area (Å²) in [6, 6.07) is 13.5. The molecule has 25 heavy (non-hydrogen) atoms. The van der Waals surface area contributed by atoms with E-state index in [9.17, 15) is 0 Å². The minimum absolute atomic E-state index is 0.581. The molecular formula is C19H24ClN3O2. The standard InChI is InChI=1S/C19H24ClN3O2/c1-4-25-18-11-16(20)10-9-15(18)13-23-19(21-2)22-12-14-7-5-6-8-17(14)24-3/h5-11H,4,12-13H2,1-3H3,(H2,21,22,23). The largest absolute Gasteiger partial charge is 0.496 e. The Morgan fingerprint density at radius 3 is 2.36 bits per heavy atom. The van der Waals surface area contributed by atoms with Crippen LogP contribution in [-0.4, -0.2) is 26.7 Å². The predicted octanol–water partition coefficient (Wildman–Crippen LogP) is 3.61. The van der Waals surface area contributed by atoms with Gasteiger partial charge in [-0.2, -0.15) is 0 Å². The summed E-state index contributed by atoms with van der Waals surface area (Å²) < 4.78 is 11.0. The third-order valence-electron chi connectivity index (χ3n) is 3.64. The smallest absolute Gasteiger partial charge is 0.191 e. The van der Waals surface area contributed by atoms with E-state index in [1.165, 1.54) is 0 Å². The number of hydrogen-bond donors (Lipinski definition) is 2. The molecular weight excluding hydrogens is 338 g/mol. The molecule has 0 heterocycles. The lowest BCUT2D eigenvalue weighted by Crippen LogP contribution is -2.36. The Labute approximate surface area is 154 Å². The Balaban J connectivity index is 1.97. The quantitative estimate of drug-likeness (QED) is 0.584. The van der Waals surface area contributed by atoms with Gasteiger partial charge in [-0.25, -0.2) is 0 Å². The van der Waals surface area contributed by atoms with Gasteiger partial charge >= 0.3 is 0 Å².